The Morgan fingerprint density at radius 3 is 1.40 bits per heavy atom. The Kier molecular flexibility index (Phi) is 9.05. The third-order valence-corrected chi connectivity index (χ3v) is 1.46. The number of nitrogens with one attached hydrogen (secondary N) is 1. The molecule has 0 aromatic rings. The van der Waals surface area contributed by atoms with E-state index >= 15 is 0 Å². The van der Waals surface area contributed by atoms with Crippen molar-refractivity contribution in [3.8, 4) is 0 Å². The Hall–Kier alpha value is -0.290. The molecule has 0 fully saturated rings. The molecule has 0 aliphatic carbocycles. The lowest BCUT2D eigenvalue weighted by Gasteiger charge is -2.27. The second kappa shape index (κ2) is 7.93. The van der Waals surface area contributed by atoms with Crippen LogP contribution >= 0.6 is 0 Å². The predicted molar refractivity (Wildman–Crippen MR) is 51.8 cm³/mol. The van der Waals surface area contributed by atoms with Gasteiger partial charge in [0.25, 0.3) is 0 Å². The van der Waals surface area contributed by atoms with Gasteiger partial charge in [0, 0.05) is 0 Å². The lowest BCUT2D eigenvalue weighted by molar-refractivity contribution is 0.0439. The fourth-order valence-corrected chi connectivity index (χ4v) is 0.693. The maximum absolute atomic E-state index is 8.74. The number of hydrogen-bond donors (Lipinski definition) is 6. The van der Waals surface area contributed by atoms with Crippen LogP contribution in [0.5, 0.6) is 0 Å². The average Bonchev–Trinajstić information content (AvgIpc) is 2.12. The lowest BCUT2D eigenvalue weighted by Crippen LogP contribution is -2.54. The van der Waals surface area contributed by atoms with E-state index in [1.807, 2.05) is 6.92 Å². The third-order valence-electron chi connectivity index (χ3n) is 1.46. The van der Waals surface area contributed by atoms with Crippen molar-refractivity contribution >= 4 is 10.4 Å². The Morgan fingerprint density at radius 2 is 1.33 bits per heavy atom. The zero-order chi connectivity index (χ0) is 12.5. The van der Waals surface area contributed by atoms with Crippen molar-refractivity contribution in [2.75, 3.05) is 26.4 Å². The molecule has 0 aromatic carbocycles. The van der Waals surface area contributed by atoms with Gasteiger partial charge in [-0.15, -0.1) is 0 Å². The highest BCUT2D eigenvalue weighted by atomic mass is 32.3. The van der Waals surface area contributed by atoms with Crippen LogP contribution in [0.25, 0.3) is 0 Å². The molecule has 0 amide bonds. The van der Waals surface area contributed by atoms with Gasteiger partial charge in [0.1, 0.15) is 0 Å². The van der Waals surface area contributed by atoms with Crippen molar-refractivity contribution in [3.63, 3.8) is 0 Å². The Bertz CT molecular complexity index is 220. The van der Waals surface area contributed by atoms with E-state index in [9.17, 15) is 0 Å². The van der Waals surface area contributed by atoms with E-state index in [2.05, 4.69) is 5.32 Å². The van der Waals surface area contributed by atoms with Crippen molar-refractivity contribution in [1.82, 2.24) is 5.32 Å². The SMILES string of the molecule is CCNC(CO)(CO)CO.O=S(=O)(O)O. The summed E-state index contributed by atoms with van der Waals surface area (Å²) >= 11 is 0. The van der Waals surface area contributed by atoms with E-state index in [4.69, 9.17) is 32.8 Å². The molecule has 0 heterocycles. The van der Waals surface area contributed by atoms with Gasteiger partial charge in [0.15, 0.2) is 0 Å². The highest BCUT2D eigenvalue weighted by Gasteiger charge is 2.25. The molecule has 6 N–H and O–H groups in total. The Balaban J connectivity index is 0. The summed E-state index contributed by atoms with van der Waals surface area (Å²) in [6, 6.07) is 0. The van der Waals surface area contributed by atoms with E-state index in [1.165, 1.54) is 0 Å². The van der Waals surface area contributed by atoms with Gasteiger partial charge in [0.05, 0.1) is 25.4 Å². The third kappa shape index (κ3) is 11.6. The van der Waals surface area contributed by atoms with Crippen molar-refractivity contribution in [2.45, 2.75) is 12.5 Å². The monoisotopic (exact) mass is 247 g/mol. The minimum atomic E-state index is -4.67. The molecule has 0 aliphatic heterocycles. The number of aliphatic hydroxyl groups is 3. The molecular formula is C6H17NO7S. The van der Waals surface area contributed by atoms with E-state index in [0.29, 0.717) is 6.54 Å². The van der Waals surface area contributed by atoms with Crippen molar-refractivity contribution in [1.29, 1.82) is 0 Å². The smallest absolute Gasteiger partial charge is 0.394 e. The van der Waals surface area contributed by atoms with Crippen LogP contribution in [0.3, 0.4) is 0 Å². The Morgan fingerprint density at radius 1 is 1.07 bits per heavy atom. The van der Waals surface area contributed by atoms with Gasteiger partial charge < -0.3 is 20.6 Å². The maximum Gasteiger partial charge on any atom is 0.394 e. The minimum Gasteiger partial charge on any atom is -0.394 e. The first-order chi connectivity index (χ1) is 6.74. The number of aliphatic hydroxyl groups excluding tert-OH is 3. The summed E-state index contributed by atoms with van der Waals surface area (Å²) < 4.78 is 31.6. The number of likely N-dealkylation sites (N-methyl/N-ethyl adjacent to an activating group) is 1. The number of hydrogen-bond acceptors (Lipinski definition) is 6. The van der Waals surface area contributed by atoms with Crippen LogP contribution in [0.2, 0.25) is 0 Å². The maximum atomic E-state index is 8.74. The first-order valence-electron chi connectivity index (χ1n) is 4.02. The first-order valence-corrected chi connectivity index (χ1v) is 5.42. The lowest BCUT2D eigenvalue weighted by atomic mass is 10.0. The van der Waals surface area contributed by atoms with Crippen molar-refractivity contribution < 1.29 is 32.8 Å². The second-order valence-corrected chi connectivity index (χ2v) is 3.63. The summed E-state index contributed by atoms with van der Waals surface area (Å²) in [5.41, 5.74) is -0.908. The normalized spacial score (nSPS) is 11.9. The van der Waals surface area contributed by atoms with Crippen molar-refractivity contribution in [3.05, 3.63) is 0 Å². The minimum absolute atomic E-state index is 0.256. The number of rotatable bonds is 5. The molecule has 0 bridgehead atoms. The molecule has 0 saturated carbocycles. The van der Waals surface area contributed by atoms with Crippen LogP contribution in [0.15, 0.2) is 0 Å². The molecular weight excluding hydrogens is 230 g/mol. The molecule has 15 heavy (non-hydrogen) atoms. The van der Waals surface area contributed by atoms with Gasteiger partial charge in [-0.05, 0) is 6.54 Å². The predicted octanol–water partition coefficient (Wildman–Crippen LogP) is -2.34. The summed E-state index contributed by atoms with van der Waals surface area (Å²) in [6.07, 6.45) is 0. The van der Waals surface area contributed by atoms with Crippen LogP contribution in [0.1, 0.15) is 6.92 Å². The summed E-state index contributed by atoms with van der Waals surface area (Å²) in [7, 11) is -4.67. The molecule has 0 rings (SSSR count). The van der Waals surface area contributed by atoms with Crippen LogP contribution in [0, 0.1) is 0 Å². The standard InChI is InChI=1S/C6H15NO3.H2O4S/c1-2-7-6(3-8,4-9)5-10;1-5(2,3)4/h7-10H,2-5H2,1H3;(H2,1,2,3,4). The quantitative estimate of drug-likeness (QED) is 0.296. The van der Waals surface area contributed by atoms with Crippen LogP contribution in [-0.4, -0.2) is 64.7 Å². The van der Waals surface area contributed by atoms with E-state index in [1.54, 1.807) is 0 Å². The van der Waals surface area contributed by atoms with Gasteiger partial charge in [-0.25, -0.2) is 0 Å². The van der Waals surface area contributed by atoms with Crippen LogP contribution in [-0.2, 0) is 10.4 Å². The van der Waals surface area contributed by atoms with E-state index in [0.717, 1.165) is 0 Å². The summed E-state index contributed by atoms with van der Waals surface area (Å²) in [5, 5.41) is 29.0. The van der Waals surface area contributed by atoms with Gasteiger partial charge in [-0.1, -0.05) is 6.92 Å². The molecule has 94 valence electrons. The first kappa shape index (κ1) is 17.1. The fourth-order valence-electron chi connectivity index (χ4n) is 0.693. The van der Waals surface area contributed by atoms with Gasteiger partial charge >= 0.3 is 10.4 Å². The molecule has 0 atom stereocenters. The van der Waals surface area contributed by atoms with Crippen LogP contribution in [0.4, 0.5) is 0 Å². The molecule has 0 aliphatic rings. The zero-order valence-corrected chi connectivity index (χ0v) is 9.11. The van der Waals surface area contributed by atoms with Gasteiger partial charge in [-0.3, -0.25) is 9.11 Å². The Labute approximate surface area is 88.1 Å². The molecule has 0 radical (unpaired) electrons. The zero-order valence-electron chi connectivity index (χ0n) is 8.29. The van der Waals surface area contributed by atoms with Gasteiger partial charge in [-0.2, -0.15) is 8.42 Å². The van der Waals surface area contributed by atoms with Crippen LogP contribution < -0.4 is 5.32 Å². The fraction of sp³-hybridized carbons (Fsp3) is 1.00. The topological polar surface area (TPSA) is 147 Å². The summed E-state index contributed by atoms with van der Waals surface area (Å²) in [5.74, 6) is 0. The molecule has 0 saturated heterocycles. The van der Waals surface area contributed by atoms with Crippen molar-refractivity contribution in [2.24, 2.45) is 0 Å². The highest BCUT2D eigenvalue weighted by Crippen LogP contribution is 1.99. The molecule has 0 unspecified atom stereocenters. The largest absolute Gasteiger partial charge is 0.394 e. The molecule has 0 aromatic heterocycles. The summed E-state index contributed by atoms with van der Waals surface area (Å²) in [6.45, 7) is 1.69. The second-order valence-electron chi connectivity index (χ2n) is 2.73. The van der Waals surface area contributed by atoms with E-state index < -0.39 is 15.9 Å². The molecule has 8 nitrogen and oxygen atoms in total. The molecule has 9 heteroatoms. The van der Waals surface area contributed by atoms with E-state index in [-0.39, 0.29) is 19.8 Å². The average molecular weight is 247 g/mol. The molecule has 0 spiro atoms. The highest BCUT2D eigenvalue weighted by molar-refractivity contribution is 7.79. The summed E-state index contributed by atoms with van der Waals surface area (Å²) in [4.78, 5) is 0. The van der Waals surface area contributed by atoms with Gasteiger partial charge in [0.2, 0.25) is 0 Å².